The Kier molecular flexibility index (Phi) is 4.99. The van der Waals surface area contributed by atoms with E-state index in [2.05, 4.69) is 0 Å². The van der Waals surface area contributed by atoms with Crippen molar-refractivity contribution in [1.82, 2.24) is 0 Å². The van der Waals surface area contributed by atoms with Crippen molar-refractivity contribution in [2.75, 3.05) is 0 Å². The molecule has 0 amide bonds. The highest BCUT2D eigenvalue weighted by atomic mass is 35.5. The number of aliphatic hydroxyl groups is 1. The molecular weight excluding hydrogens is 288 g/mol. The van der Waals surface area contributed by atoms with Crippen molar-refractivity contribution in [3.63, 3.8) is 0 Å². The number of aliphatic hydroxyl groups excluding tert-OH is 1. The fourth-order valence-corrected chi connectivity index (χ4v) is 2.48. The number of hydrogen-bond acceptors (Lipinski definition) is 2. The zero-order valence-electron chi connectivity index (χ0n) is 11.7. The third kappa shape index (κ3) is 3.84. The predicted octanol–water partition coefficient (Wildman–Crippen LogP) is 3.95. The third-order valence-electron chi connectivity index (χ3n) is 3.58. The van der Waals surface area contributed by atoms with Gasteiger partial charge in [0, 0.05) is 16.5 Å². The summed E-state index contributed by atoms with van der Waals surface area (Å²) in [5.74, 6) is -1.23. The molecule has 2 rings (SSSR count). The molecule has 0 aliphatic carbocycles. The fourth-order valence-electron chi connectivity index (χ4n) is 2.24. The Balaban J connectivity index is 2.19. The highest BCUT2D eigenvalue weighted by molar-refractivity contribution is 6.33. The van der Waals surface area contributed by atoms with Gasteiger partial charge in [-0.05, 0) is 17.2 Å². The SMILES string of the molecule is CC(c1ccc(-c2ccccc2Cl)cc1)C(O)CC(=O)O. The molecule has 0 aliphatic heterocycles. The van der Waals surface area contributed by atoms with Crippen LogP contribution in [0.15, 0.2) is 48.5 Å². The first-order valence-corrected chi connectivity index (χ1v) is 7.11. The summed E-state index contributed by atoms with van der Waals surface area (Å²) in [6, 6.07) is 15.2. The number of hydrogen-bond donors (Lipinski definition) is 2. The minimum Gasteiger partial charge on any atom is -0.481 e. The van der Waals surface area contributed by atoms with Gasteiger partial charge in [0.25, 0.3) is 0 Å². The Hall–Kier alpha value is -1.84. The zero-order valence-corrected chi connectivity index (χ0v) is 12.4. The van der Waals surface area contributed by atoms with Gasteiger partial charge in [-0.25, -0.2) is 0 Å². The molecule has 0 bridgehead atoms. The lowest BCUT2D eigenvalue weighted by atomic mass is 9.92. The van der Waals surface area contributed by atoms with Gasteiger partial charge < -0.3 is 10.2 Å². The lowest BCUT2D eigenvalue weighted by Crippen LogP contribution is -2.19. The summed E-state index contributed by atoms with van der Waals surface area (Å²) in [6.07, 6.45) is -1.15. The van der Waals surface area contributed by atoms with Crippen molar-refractivity contribution in [3.05, 3.63) is 59.1 Å². The number of carboxylic acids is 1. The Morgan fingerprint density at radius 2 is 1.76 bits per heavy atom. The number of carboxylic acid groups (broad SMARTS) is 1. The van der Waals surface area contributed by atoms with E-state index in [1.807, 2.05) is 55.5 Å². The zero-order chi connectivity index (χ0) is 15.4. The molecule has 0 aliphatic rings. The molecule has 0 spiro atoms. The van der Waals surface area contributed by atoms with E-state index in [1.165, 1.54) is 0 Å². The standard InChI is InChI=1S/C17H17ClO3/c1-11(16(19)10-17(20)21)12-6-8-13(9-7-12)14-4-2-3-5-15(14)18/h2-9,11,16,19H,10H2,1H3,(H,20,21). The molecule has 2 aromatic carbocycles. The average Bonchev–Trinajstić information content (AvgIpc) is 2.46. The van der Waals surface area contributed by atoms with Crippen LogP contribution in [0.1, 0.15) is 24.8 Å². The minimum atomic E-state index is -0.998. The average molecular weight is 305 g/mol. The van der Waals surface area contributed by atoms with E-state index in [0.717, 1.165) is 16.7 Å². The summed E-state index contributed by atoms with van der Waals surface area (Å²) in [7, 11) is 0. The summed E-state index contributed by atoms with van der Waals surface area (Å²) in [4.78, 5) is 10.6. The fraction of sp³-hybridized carbons (Fsp3) is 0.235. The third-order valence-corrected chi connectivity index (χ3v) is 3.91. The van der Waals surface area contributed by atoms with Crippen LogP contribution in [0.4, 0.5) is 0 Å². The van der Waals surface area contributed by atoms with Crippen LogP contribution in [0, 0.1) is 0 Å². The molecule has 0 radical (unpaired) electrons. The smallest absolute Gasteiger partial charge is 0.305 e. The molecule has 2 atom stereocenters. The van der Waals surface area contributed by atoms with Gasteiger partial charge >= 0.3 is 5.97 Å². The second-order valence-electron chi connectivity index (χ2n) is 5.06. The second kappa shape index (κ2) is 6.74. The highest BCUT2D eigenvalue weighted by Crippen LogP contribution is 2.29. The summed E-state index contributed by atoms with van der Waals surface area (Å²) >= 11 is 6.16. The van der Waals surface area contributed by atoms with Gasteiger partial charge in [-0.3, -0.25) is 4.79 Å². The summed E-state index contributed by atoms with van der Waals surface area (Å²) in [5, 5.41) is 19.3. The molecule has 21 heavy (non-hydrogen) atoms. The molecule has 2 aromatic rings. The summed E-state index contributed by atoms with van der Waals surface area (Å²) in [5.41, 5.74) is 2.84. The molecule has 0 fully saturated rings. The molecule has 110 valence electrons. The molecule has 0 heterocycles. The first-order chi connectivity index (χ1) is 9.99. The first kappa shape index (κ1) is 15.5. The van der Waals surface area contributed by atoms with Gasteiger partial charge in [0.1, 0.15) is 0 Å². The molecule has 2 N–H and O–H groups in total. The van der Waals surface area contributed by atoms with Gasteiger partial charge in [0.05, 0.1) is 12.5 Å². The van der Waals surface area contributed by atoms with Crippen LogP contribution < -0.4 is 0 Å². The van der Waals surface area contributed by atoms with Crippen molar-refractivity contribution < 1.29 is 15.0 Å². The van der Waals surface area contributed by atoms with E-state index in [1.54, 1.807) is 0 Å². The molecule has 3 nitrogen and oxygen atoms in total. The van der Waals surface area contributed by atoms with Crippen molar-refractivity contribution in [2.24, 2.45) is 0 Å². The summed E-state index contributed by atoms with van der Waals surface area (Å²) in [6.45, 7) is 1.82. The first-order valence-electron chi connectivity index (χ1n) is 6.73. The molecule has 0 saturated carbocycles. The molecule has 2 unspecified atom stereocenters. The molecule has 0 aromatic heterocycles. The number of aliphatic carboxylic acids is 1. The van der Waals surface area contributed by atoms with E-state index in [4.69, 9.17) is 16.7 Å². The van der Waals surface area contributed by atoms with Crippen LogP contribution in [0.5, 0.6) is 0 Å². The van der Waals surface area contributed by atoms with E-state index in [-0.39, 0.29) is 12.3 Å². The van der Waals surface area contributed by atoms with Crippen LogP contribution in [0.25, 0.3) is 11.1 Å². The van der Waals surface area contributed by atoms with Gasteiger partial charge in [-0.1, -0.05) is 61.0 Å². The maximum absolute atomic E-state index is 10.6. The maximum Gasteiger partial charge on any atom is 0.305 e. The number of benzene rings is 2. The van der Waals surface area contributed by atoms with E-state index >= 15 is 0 Å². The van der Waals surface area contributed by atoms with Crippen molar-refractivity contribution in [3.8, 4) is 11.1 Å². The molecule has 0 saturated heterocycles. The van der Waals surface area contributed by atoms with Crippen molar-refractivity contribution in [1.29, 1.82) is 0 Å². The lowest BCUT2D eigenvalue weighted by molar-refractivity contribution is -0.139. The van der Waals surface area contributed by atoms with Crippen LogP contribution in [-0.2, 0) is 4.79 Å². The van der Waals surface area contributed by atoms with Gasteiger partial charge in [0.2, 0.25) is 0 Å². The Labute approximate surface area is 128 Å². The molecule has 4 heteroatoms. The van der Waals surface area contributed by atoms with E-state index in [0.29, 0.717) is 5.02 Å². The number of rotatable bonds is 5. The monoisotopic (exact) mass is 304 g/mol. The lowest BCUT2D eigenvalue weighted by Gasteiger charge is -2.18. The van der Waals surface area contributed by atoms with Gasteiger partial charge in [-0.2, -0.15) is 0 Å². The van der Waals surface area contributed by atoms with Crippen LogP contribution in [-0.4, -0.2) is 22.3 Å². The number of halogens is 1. The maximum atomic E-state index is 10.6. The van der Waals surface area contributed by atoms with Crippen molar-refractivity contribution in [2.45, 2.75) is 25.4 Å². The van der Waals surface area contributed by atoms with Crippen LogP contribution >= 0.6 is 11.6 Å². The minimum absolute atomic E-state index is 0.235. The number of carbonyl (C=O) groups is 1. The van der Waals surface area contributed by atoms with Crippen molar-refractivity contribution >= 4 is 17.6 Å². The Morgan fingerprint density at radius 3 is 2.33 bits per heavy atom. The van der Waals surface area contributed by atoms with Crippen LogP contribution in [0.3, 0.4) is 0 Å². The van der Waals surface area contributed by atoms with E-state index < -0.39 is 12.1 Å². The Morgan fingerprint density at radius 1 is 1.14 bits per heavy atom. The normalized spacial score (nSPS) is 13.7. The second-order valence-corrected chi connectivity index (χ2v) is 5.46. The van der Waals surface area contributed by atoms with Gasteiger partial charge in [-0.15, -0.1) is 0 Å². The predicted molar refractivity (Wildman–Crippen MR) is 83.6 cm³/mol. The van der Waals surface area contributed by atoms with E-state index in [9.17, 15) is 9.90 Å². The Bertz CT molecular complexity index is 622. The highest BCUT2D eigenvalue weighted by Gasteiger charge is 2.19. The summed E-state index contributed by atoms with van der Waals surface area (Å²) < 4.78 is 0. The quantitative estimate of drug-likeness (QED) is 0.879. The van der Waals surface area contributed by atoms with Gasteiger partial charge in [0.15, 0.2) is 0 Å². The topological polar surface area (TPSA) is 57.5 Å². The van der Waals surface area contributed by atoms with Crippen LogP contribution in [0.2, 0.25) is 5.02 Å². The molecular formula is C17H17ClO3. The largest absolute Gasteiger partial charge is 0.481 e.